The minimum Gasteiger partial charge on any atom is -0.726 e. The molecule has 0 aromatic rings. The Kier molecular flexibility index (Phi) is 22.5. The van der Waals surface area contributed by atoms with E-state index in [0.29, 0.717) is 38.5 Å². The molecule has 510 valence electrons. The second-order valence-electron chi connectivity index (χ2n) is 28.1. The van der Waals surface area contributed by atoms with E-state index >= 15 is 0 Å². The molecule has 31 heteroatoms. The van der Waals surface area contributed by atoms with Crippen LogP contribution in [0.25, 0.3) is 0 Å². The fourth-order valence-electron chi connectivity index (χ4n) is 17.6. The molecule has 10 rings (SSSR count). The van der Waals surface area contributed by atoms with E-state index in [1.54, 1.807) is 0 Å². The predicted octanol–water partition coefficient (Wildman–Crippen LogP) is -5.18. The monoisotopic (exact) mass is 1320 g/mol. The van der Waals surface area contributed by atoms with Crippen molar-refractivity contribution in [3.63, 3.8) is 0 Å². The number of rotatable bonds is 19. The molecule has 3 saturated carbocycles. The molecule has 0 bridgehead atoms. The van der Waals surface area contributed by atoms with Crippen LogP contribution in [0.4, 0.5) is 0 Å². The number of aliphatic hydroxyl groups is 11. The van der Waals surface area contributed by atoms with Crippen molar-refractivity contribution in [1.29, 1.82) is 0 Å². The number of aliphatic hydroxyl groups excluding tert-OH is 11. The van der Waals surface area contributed by atoms with E-state index in [4.69, 9.17) is 61.0 Å². The molecule has 6 saturated heterocycles. The molecule has 0 unspecified atom stereocenters. The average Bonchev–Trinajstić information content (AvgIpc) is 1.45. The van der Waals surface area contributed by atoms with Crippen LogP contribution in [0.15, 0.2) is 11.6 Å². The Morgan fingerprint density at radius 3 is 1.91 bits per heavy atom. The average molecular weight is 1320 g/mol. The Bertz CT molecular complexity index is 2660. The zero-order valence-electron chi connectivity index (χ0n) is 52.6. The van der Waals surface area contributed by atoms with Crippen LogP contribution >= 0.6 is 0 Å². The molecule has 0 aromatic heterocycles. The predicted molar refractivity (Wildman–Crippen MR) is 296 cm³/mol. The largest absolute Gasteiger partial charge is 1.00 e. The number of carbonyl (C=O) groups excluding carboxylic acids is 2. The molecule has 90 heavy (non-hydrogen) atoms. The Balaban J connectivity index is 0.00000960. The Morgan fingerprint density at radius 2 is 1.27 bits per heavy atom. The summed E-state index contributed by atoms with van der Waals surface area (Å²) >= 11 is 0. The van der Waals surface area contributed by atoms with E-state index in [1.807, 2.05) is 20.8 Å². The number of methoxy groups -OCH3 is 1. The molecule has 0 aromatic carbocycles. The second kappa shape index (κ2) is 27.6. The number of carbonyl (C=O) groups is 2. The third kappa shape index (κ3) is 13.0. The van der Waals surface area contributed by atoms with Gasteiger partial charge in [0.2, 0.25) is 10.4 Å². The second-order valence-corrected chi connectivity index (χ2v) is 29.2. The van der Waals surface area contributed by atoms with Crippen molar-refractivity contribution in [2.75, 3.05) is 33.5 Å². The third-order valence-corrected chi connectivity index (χ3v) is 22.5. The van der Waals surface area contributed by atoms with Crippen LogP contribution in [-0.2, 0) is 81.0 Å². The Morgan fingerprint density at radius 1 is 0.667 bits per heavy atom. The topological polar surface area (TPSA) is 434 Å². The van der Waals surface area contributed by atoms with Crippen LogP contribution in [0.1, 0.15) is 113 Å². The fraction of sp³-hybridized carbons (Fsp3) is 0.932. The molecule has 9 fully saturated rings. The van der Waals surface area contributed by atoms with E-state index in [0.717, 1.165) is 12.8 Å². The van der Waals surface area contributed by atoms with Gasteiger partial charge in [0.25, 0.3) is 0 Å². The van der Waals surface area contributed by atoms with E-state index in [9.17, 15) is 78.7 Å². The summed E-state index contributed by atoms with van der Waals surface area (Å²) in [4.78, 5) is 27.8. The SMILES string of the molecule is CO[C@@H]1[C@@H](O)[C@H](O[C@@H]2[C@@H](O)[C@H](O[C@H]3[C@H](O)[C@@H](O[C@@H]4O[C@H](CO)[C@@H](O)[C@H](O)[C@H]4O)[C@H](O[C@H]4[C@H](O[C@H]5CC[C@]6(C)[C@H]7CC[C@]89C(=O)O[C@@](C)(CC(=O)CC(C)C)[C@H]8CC[C@@]9(C)C7=CC[C@H]6C5(C)C)OC[C@@H](OS(=O)(=O)[O-])[C@@H]4O)O[C@@H]3C)O[C@H](CO)[C@H]2O)OC[C@H]1O.[Na+]. The van der Waals surface area contributed by atoms with Crippen LogP contribution < -0.4 is 29.6 Å². The van der Waals surface area contributed by atoms with Gasteiger partial charge in [-0.1, -0.05) is 53.2 Å². The normalized spacial score (nSPS) is 50.2. The first-order valence-electron chi connectivity index (χ1n) is 31.1. The number of fused-ring (bicyclic) bond motifs is 4. The molecule has 1 spiro atoms. The van der Waals surface area contributed by atoms with Gasteiger partial charge in [0.1, 0.15) is 115 Å². The first-order valence-corrected chi connectivity index (χ1v) is 32.5. The Labute approximate surface area is 545 Å². The minimum absolute atomic E-state index is 0. The summed E-state index contributed by atoms with van der Waals surface area (Å²) in [5, 5.41) is 122. The molecular weight excluding hydrogens is 1230 g/mol. The molecule has 29 nitrogen and oxygen atoms in total. The summed E-state index contributed by atoms with van der Waals surface area (Å²) in [5.74, 6) is -0.108. The molecule has 11 N–H and O–H groups in total. The van der Waals surface area contributed by atoms with Crippen LogP contribution in [-0.4, -0.2) is 267 Å². The Hall–Kier alpha value is -1.13. The van der Waals surface area contributed by atoms with Crippen LogP contribution in [0.5, 0.6) is 0 Å². The number of Topliss-reactive ketones (excluding diaryl/α,β-unsaturated/α-hetero) is 1. The van der Waals surface area contributed by atoms with Gasteiger partial charge in [0.15, 0.2) is 31.5 Å². The van der Waals surface area contributed by atoms with Crippen molar-refractivity contribution in [2.24, 2.45) is 45.3 Å². The summed E-state index contributed by atoms with van der Waals surface area (Å²) in [6, 6.07) is 0. The molecule has 10 aliphatic rings. The molecule has 31 atom stereocenters. The molecule has 6 aliphatic heterocycles. The summed E-state index contributed by atoms with van der Waals surface area (Å²) < 4.78 is 114. The zero-order valence-corrected chi connectivity index (χ0v) is 55.4. The smallest absolute Gasteiger partial charge is 0.726 e. The van der Waals surface area contributed by atoms with Gasteiger partial charge < -0.3 is 118 Å². The molecule has 6 heterocycles. The number of ketones is 1. The quantitative estimate of drug-likeness (QED) is 0.0189. The minimum atomic E-state index is -5.53. The van der Waals surface area contributed by atoms with Crippen molar-refractivity contribution in [3.8, 4) is 0 Å². The maximum atomic E-state index is 14.5. The number of esters is 1. The summed E-state index contributed by atoms with van der Waals surface area (Å²) in [6.07, 6.45) is -34.6. The van der Waals surface area contributed by atoms with Crippen molar-refractivity contribution < 1.29 is 169 Å². The van der Waals surface area contributed by atoms with Gasteiger partial charge in [-0.05, 0) is 87.4 Å². The third-order valence-electron chi connectivity index (χ3n) is 22.0. The van der Waals surface area contributed by atoms with E-state index in [1.165, 1.54) is 19.6 Å². The zero-order chi connectivity index (χ0) is 65.0. The summed E-state index contributed by atoms with van der Waals surface area (Å²) in [6.45, 7) is 13.0. The van der Waals surface area contributed by atoms with Crippen LogP contribution in [0, 0.1) is 45.3 Å². The maximum Gasteiger partial charge on any atom is 1.00 e. The molecule has 0 amide bonds. The maximum absolute atomic E-state index is 14.5. The summed E-state index contributed by atoms with van der Waals surface area (Å²) in [7, 11) is -4.31. The van der Waals surface area contributed by atoms with Gasteiger partial charge >= 0.3 is 35.5 Å². The number of cyclic esters (lactones) is 1. The van der Waals surface area contributed by atoms with Crippen molar-refractivity contribution in [3.05, 3.63) is 11.6 Å². The molecule has 4 aliphatic carbocycles. The first kappa shape index (κ1) is 73.1. The van der Waals surface area contributed by atoms with Crippen LogP contribution in [0.3, 0.4) is 0 Å². The van der Waals surface area contributed by atoms with Crippen LogP contribution in [0.2, 0.25) is 0 Å². The van der Waals surface area contributed by atoms with Gasteiger partial charge in [-0.3, -0.25) is 13.8 Å². The van der Waals surface area contributed by atoms with E-state index < -0.39 is 206 Å². The van der Waals surface area contributed by atoms with Gasteiger partial charge in [-0.2, -0.15) is 0 Å². The van der Waals surface area contributed by atoms with Crippen molar-refractivity contribution in [1.82, 2.24) is 0 Å². The molecule has 0 radical (unpaired) electrons. The fourth-order valence-corrected chi connectivity index (χ4v) is 18.0. The summed E-state index contributed by atoms with van der Waals surface area (Å²) in [5.41, 5.74) is -2.01. The number of allylic oxidation sites excluding steroid dienone is 2. The molecular formula is C59H93NaO29S. The number of ether oxygens (including phenoxy) is 12. The number of hydrogen-bond acceptors (Lipinski definition) is 29. The number of hydrogen-bond donors (Lipinski definition) is 11. The van der Waals surface area contributed by atoms with E-state index in [2.05, 4.69) is 33.8 Å². The van der Waals surface area contributed by atoms with Gasteiger partial charge in [0, 0.05) is 31.3 Å². The van der Waals surface area contributed by atoms with Crippen molar-refractivity contribution in [2.45, 2.75) is 266 Å². The van der Waals surface area contributed by atoms with E-state index in [-0.39, 0.29) is 76.8 Å². The first-order chi connectivity index (χ1) is 41.7. The van der Waals surface area contributed by atoms with Gasteiger partial charge in [-0.25, -0.2) is 8.42 Å². The standard InChI is InChI=1S/C59H94O29S.Na/c1-24(2)18-26(62)19-58(8)34-13-16-57(7)28-10-11-33-55(4,5)35(14-15-56(33,6)27(28)12-17-59(34,57)54(72)87-58)82-52-47(38(66)32(23-78-52)88-89(73,74)75)86-53-48(85-50-40(68)39(67)36(64)30(20-60)80-50)41(69)44(25(3)79-53)83-51-43(71)46(37(65)31(21-61)81-51)84-49-42(70)45(76-9)29(63)22-77-49;/h10,24-25,27,29-53,60-61,63-71H,11-23H2,1-9H3,(H,73,74,75);/q;+1/p-1/t25-,27+,29-,30-,31-,32-,33+,34-,35+,36-,37-,38+,39+,40-,41+,42-,43-,44-,45+,46+,47-,48-,49+,50+,51+,52+,53+,56-,57+,58+,59-;/m1./s1. The van der Waals surface area contributed by atoms with Crippen molar-refractivity contribution >= 4 is 22.2 Å². The van der Waals surface area contributed by atoms with Gasteiger partial charge in [-0.15, -0.1) is 0 Å². The van der Waals surface area contributed by atoms with Gasteiger partial charge in [0.05, 0.1) is 44.1 Å².